The zero-order chi connectivity index (χ0) is 76.4. The molecule has 0 saturated heterocycles. The Morgan fingerprint density at radius 3 is 0.757 bits per heavy atom. The van der Waals surface area contributed by atoms with E-state index in [-0.39, 0.29) is 77.2 Å². The predicted molar refractivity (Wildman–Crippen MR) is 387 cm³/mol. The zero-order valence-electron chi connectivity index (χ0n) is 63.2. The highest BCUT2D eigenvalue weighted by Gasteiger charge is 2.21. The number of aromatic hydroxyl groups is 2. The lowest BCUT2D eigenvalue weighted by molar-refractivity contribution is -0.152. The summed E-state index contributed by atoms with van der Waals surface area (Å²) in [6.07, 6.45) is -1.74. The molecular formula is C74H117N3O30. The number of aromatic nitrogens is 3. The largest absolute Gasteiger partial charge is 0.507 e. The number of phenols is 2. The van der Waals surface area contributed by atoms with Crippen molar-refractivity contribution in [1.82, 2.24) is 15.0 Å². The Morgan fingerprint density at radius 2 is 0.523 bits per heavy atom. The van der Waals surface area contributed by atoms with Crippen molar-refractivity contribution in [3.8, 4) is 62.9 Å². The molecule has 2 unspecified atom stereocenters. The van der Waals surface area contributed by atoms with Crippen LogP contribution in [0, 0.1) is 0 Å². The standard InChI is InChI=1S/C74H117N3O30/c1-60(78)61(2)106-65-10-12-67(69(79)58-65)72-75-71(63-6-8-64(83-5)9-7-63)76-73(77-72)68-13-11-66(59-70(68)80)107-62(3)74(81)105-57-56-104-55-54-103-53-52-102-51-50-101-49-48-100-47-46-99-45-44-98-43-42-97-41-40-96-39-38-95-37-36-94-35-34-93-33-32-92-31-30-91-29-28-90-27-26-89-25-24-88-23-22-87-21-20-86-19-18-85-17-16-84-15-14-82-4/h6-13,58-59,61-62,79-80H,14-57H2,1-5H3. The summed E-state index contributed by atoms with van der Waals surface area (Å²) in [5.74, 6) is 0.247. The van der Waals surface area contributed by atoms with Crippen LogP contribution in [0.4, 0.5) is 0 Å². The van der Waals surface area contributed by atoms with Gasteiger partial charge in [0, 0.05) is 24.8 Å². The fourth-order valence-corrected chi connectivity index (χ4v) is 8.53. The summed E-state index contributed by atoms with van der Waals surface area (Å²) < 4.78 is 143. The van der Waals surface area contributed by atoms with Gasteiger partial charge in [0.05, 0.1) is 302 Å². The Morgan fingerprint density at radius 1 is 0.299 bits per heavy atom. The molecule has 1 heterocycles. The maximum absolute atomic E-state index is 12.8. The Balaban J connectivity index is 0.803. The van der Waals surface area contributed by atoms with E-state index >= 15 is 0 Å². The molecule has 4 aromatic rings. The van der Waals surface area contributed by atoms with E-state index in [9.17, 15) is 19.8 Å². The molecule has 0 aliphatic heterocycles. The predicted octanol–water partition coefficient (Wildman–Crippen LogP) is 4.95. The molecule has 2 N–H and O–H groups in total. The van der Waals surface area contributed by atoms with Crippen LogP contribution >= 0.6 is 0 Å². The molecule has 3 aromatic carbocycles. The second-order valence-corrected chi connectivity index (χ2v) is 22.5. The molecule has 2 atom stereocenters. The highest BCUT2D eigenvalue weighted by molar-refractivity contribution is 5.80. The second kappa shape index (κ2) is 65.8. The first-order valence-electron chi connectivity index (χ1n) is 36.3. The van der Waals surface area contributed by atoms with E-state index in [0.29, 0.717) is 282 Å². The molecular weight excluding hydrogens is 1410 g/mol. The van der Waals surface area contributed by atoms with Gasteiger partial charge in [-0.15, -0.1) is 0 Å². The molecule has 0 amide bonds. The molecule has 0 spiro atoms. The number of hydrogen-bond acceptors (Lipinski definition) is 33. The molecule has 0 aliphatic carbocycles. The van der Waals surface area contributed by atoms with Gasteiger partial charge in [0.1, 0.15) is 35.4 Å². The molecule has 1 aromatic heterocycles. The highest BCUT2D eigenvalue weighted by atomic mass is 16.6. The van der Waals surface area contributed by atoms with Gasteiger partial charge in [-0.2, -0.15) is 0 Å². The van der Waals surface area contributed by atoms with Crippen molar-refractivity contribution in [3.05, 3.63) is 60.7 Å². The molecule has 0 fully saturated rings. The van der Waals surface area contributed by atoms with Gasteiger partial charge < -0.3 is 133 Å². The Labute approximate surface area is 628 Å². The molecule has 0 aliphatic rings. The van der Waals surface area contributed by atoms with E-state index in [4.69, 9.17) is 123 Å². The van der Waals surface area contributed by atoms with Crippen LogP contribution in [0.3, 0.4) is 0 Å². The van der Waals surface area contributed by atoms with Crippen LogP contribution < -0.4 is 14.2 Å². The number of phenolic OH excluding ortho intramolecular Hbond substituents is 2. The second-order valence-electron chi connectivity index (χ2n) is 22.5. The fourth-order valence-electron chi connectivity index (χ4n) is 8.53. The van der Waals surface area contributed by atoms with Gasteiger partial charge in [0.15, 0.2) is 35.5 Å². The van der Waals surface area contributed by atoms with E-state index in [1.807, 2.05) is 0 Å². The summed E-state index contributed by atoms with van der Waals surface area (Å²) in [5.41, 5.74) is 1.08. The normalized spacial score (nSPS) is 12.1. The number of carbonyl (C=O) groups is 2. The molecule has 0 saturated carbocycles. The maximum atomic E-state index is 12.8. The van der Waals surface area contributed by atoms with Crippen LogP contribution in [0.2, 0.25) is 0 Å². The number of methoxy groups -OCH3 is 2. The number of ether oxygens (including phenoxy) is 26. The number of ketones is 1. The average Bonchev–Trinajstić information content (AvgIpc) is 0.787. The zero-order valence-corrected chi connectivity index (χ0v) is 63.2. The summed E-state index contributed by atoms with van der Waals surface area (Å²) in [6.45, 7) is 24.2. The molecule has 33 heteroatoms. The minimum atomic E-state index is -1.02. The van der Waals surface area contributed by atoms with Gasteiger partial charge in [0.2, 0.25) is 0 Å². The number of hydrogen-bond donors (Lipinski definition) is 2. The van der Waals surface area contributed by atoms with Crippen LogP contribution in [0.5, 0.6) is 28.7 Å². The molecule has 0 radical (unpaired) electrons. The number of carbonyl (C=O) groups excluding carboxylic acids is 2. The summed E-state index contributed by atoms with van der Waals surface area (Å²) in [5, 5.41) is 22.3. The van der Waals surface area contributed by atoms with E-state index in [1.165, 1.54) is 32.0 Å². The minimum Gasteiger partial charge on any atom is -0.507 e. The van der Waals surface area contributed by atoms with Crippen LogP contribution in [0.1, 0.15) is 20.8 Å². The minimum absolute atomic E-state index is 0.0107. The van der Waals surface area contributed by atoms with Gasteiger partial charge in [-0.05, 0) is 69.3 Å². The molecule has 4 rings (SSSR count). The summed E-state index contributed by atoms with van der Waals surface area (Å²) in [6, 6.07) is 16.0. The van der Waals surface area contributed by atoms with Gasteiger partial charge in [-0.1, -0.05) is 0 Å². The van der Waals surface area contributed by atoms with E-state index in [1.54, 1.807) is 63.6 Å². The molecule has 608 valence electrons. The third-order valence-electron chi connectivity index (χ3n) is 14.3. The Kier molecular flexibility index (Phi) is 57.4. The fraction of sp³-hybridized carbons (Fsp3) is 0.689. The van der Waals surface area contributed by atoms with Crippen molar-refractivity contribution in [2.45, 2.75) is 33.0 Å². The third-order valence-corrected chi connectivity index (χ3v) is 14.3. The average molecular weight is 1530 g/mol. The van der Waals surface area contributed by atoms with Crippen molar-refractivity contribution in [1.29, 1.82) is 0 Å². The lowest BCUT2D eigenvalue weighted by Gasteiger charge is -2.15. The third kappa shape index (κ3) is 48.9. The number of Topliss-reactive ketones (excluding diaryl/α,β-unsaturated/α-hetero) is 1. The van der Waals surface area contributed by atoms with Crippen LogP contribution in [-0.4, -0.2) is 354 Å². The topological polar surface area (TPSA) is 353 Å². The first-order valence-corrected chi connectivity index (χ1v) is 36.3. The monoisotopic (exact) mass is 1530 g/mol. The molecule has 33 nitrogen and oxygen atoms in total. The summed E-state index contributed by atoms with van der Waals surface area (Å²) >= 11 is 0. The van der Waals surface area contributed by atoms with Gasteiger partial charge in [-0.3, -0.25) is 4.79 Å². The van der Waals surface area contributed by atoms with Crippen molar-refractivity contribution < 1.29 is 143 Å². The quantitative estimate of drug-likeness (QED) is 0.0436. The number of esters is 1. The molecule has 107 heavy (non-hydrogen) atoms. The van der Waals surface area contributed by atoms with Gasteiger partial charge in [-0.25, -0.2) is 19.7 Å². The van der Waals surface area contributed by atoms with Crippen LogP contribution in [-0.2, 0) is 119 Å². The number of benzene rings is 3. The van der Waals surface area contributed by atoms with E-state index in [2.05, 4.69) is 15.0 Å². The van der Waals surface area contributed by atoms with Crippen molar-refractivity contribution in [2.24, 2.45) is 0 Å². The van der Waals surface area contributed by atoms with E-state index < -0.39 is 18.2 Å². The smallest absolute Gasteiger partial charge is 0.347 e. The van der Waals surface area contributed by atoms with Crippen LogP contribution in [0.25, 0.3) is 34.2 Å². The maximum Gasteiger partial charge on any atom is 0.347 e. The van der Waals surface area contributed by atoms with E-state index in [0.717, 1.165) is 0 Å². The highest BCUT2D eigenvalue weighted by Crippen LogP contribution is 2.36. The Bertz CT molecular complexity index is 2780. The van der Waals surface area contributed by atoms with Crippen molar-refractivity contribution >= 4 is 11.8 Å². The van der Waals surface area contributed by atoms with Crippen molar-refractivity contribution in [3.63, 3.8) is 0 Å². The SMILES string of the molecule is COCCOCCOCCOCCOCCOCCOCCOCCOCCOCCOCCOCCOCCOCCOCCOCCOCCOCCOCCOCCOCCOCCOC(=O)C(C)Oc1ccc(-c2nc(-c3ccc(OC)cc3)nc(-c3ccc(OC(C)C(C)=O)cc3O)n2)c(O)c1. The Hall–Kier alpha value is -6.07. The number of rotatable bonds is 76. The summed E-state index contributed by atoms with van der Waals surface area (Å²) in [4.78, 5) is 38.4. The first kappa shape index (κ1) is 93.3. The van der Waals surface area contributed by atoms with Gasteiger partial charge in [0.25, 0.3) is 0 Å². The van der Waals surface area contributed by atoms with Gasteiger partial charge >= 0.3 is 5.97 Å². The lowest BCUT2D eigenvalue weighted by atomic mass is 10.1. The summed E-state index contributed by atoms with van der Waals surface area (Å²) in [7, 11) is 3.19. The lowest BCUT2D eigenvalue weighted by Crippen LogP contribution is -2.27. The first-order chi connectivity index (χ1) is 52.6. The number of nitrogens with zero attached hydrogens (tertiary/aromatic N) is 3. The van der Waals surface area contributed by atoms with Crippen molar-refractivity contribution in [2.75, 3.05) is 305 Å². The molecule has 0 bridgehead atoms. The van der Waals surface area contributed by atoms with Crippen LogP contribution in [0.15, 0.2) is 60.7 Å².